The summed E-state index contributed by atoms with van der Waals surface area (Å²) in [5.74, 6) is 0. The van der Waals surface area contributed by atoms with E-state index < -0.39 is 6.10 Å². The normalized spacial score (nSPS) is 15.2. The van der Waals surface area contributed by atoms with E-state index in [9.17, 15) is 5.11 Å². The Morgan fingerprint density at radius 2 is 1.90 bits per heavy atom. The highest BCUT2D eigenvalue weighted by Crippen LogP contribution is 2.12. The molecule has 1 aromatic carbocycles. The fourth-order valence-corrected chi connectivity index (χ4v) is 1.89. The monoisotopic (exact) mass is 292 g/mol. The largest absolute Gasteiger partial charge is 0.389 e. The smallest absolute Gasteiger partial charge is 0.0991 e. The van der Waals surface area contributed by atoms with Gasteiger partial charge in [0.15, 0.2) is 0 Å². The first-order chi connectivity index (χ1) is 10.1. The second kappa shape index (κ2) is 9.48. The van der Waals surface area contributed by atoms with Crippen molar-refractivity contribution in [3.05, 3.63) is 35.4 Å². The van der Waals surface area contributed by atoms with Crippen molar-refractivity contribution in [3.63, 3.8) is 0 Å². The van der Waals surface area contributed by atoms with Gasteiger partial charge in [0.2, 0.25) is 0 Å². The van der Waals surface area contributed by atoms with E-state index in [-0.39, 0.29) is 18.8 Å². The number of rotatable bonds is 9. The van der Waals surface area contributed by atoms with E-state index >= 15 is 0 Å². The third-order valence-corrected chi connectivity index (χ3v) is 3.17. The van der Waals surface area contributed by atoms with Gasteiger partial charge in [-0.1, -0.05) is 12.1 Å². The van der Waals surface area contributed by atoms with Crippen LogP contribution in [0.5, 0.6) is 0 Å². The van der Waals surface area contributed by atoms with Crippen molar-refractivity contribution in [1.29, 1.82) is 5.26 Å². The molecule has 0 bridgehead atoms. The second-order valence-electron chi connectivity index (χ2n) is 5.12. The van der Waals surface area contributed by atoms with Gasteiger partial charge in [-0.3, -0.25) is 0 Å². The zero-order valence-corrected chi connectivity index (χ0v) is 12.9. The predicted octanol–water partition coefficient (Wildman–Crippen LogP) is 1.62. The minimum absolute atomic E-state index is 0.0272. The maximum atomic E-state index is 9.87. The van der Waals surface area contributed by atoms with E-state index in [0.717, 1.165) is 5.56 Å². The first-order valence-corrected chi connectivity index (χ1v) is 7.08. The third kappa shape index (κ3) is 6.69. The summed E-state index contributed by atoms with van der Waals surface area (Å²) in [4.78, 5) is 0. The van der Waals surface area contributed by atoms with Crippen molar-refractivity contribution in [2.24, 2.45) is 0 Å². The Kier molecular flexibility index (Phi) is 7.95. The van der Waals surface area contributed by atoms with Gasteiger partial charge < -0.3 is 19.9 Å². The van der Waals surface area contributed by atoms with Gasteiger partial charge in [-0.05, 0) is 31.5 Å². The second-order valence-corrected chi connectivity index (χ2v) is 5.12. The molecule has 2 N–H and O–H groups in total. The molecule has 0 heterocycles. The van der Waals surface area contributed by atoms with Crippen LogP contribution >= 0.6 is 0 Å². The van der Waals surface area contributed by atoms with Gasteiger partial charge >= 0.3 is 0 Å². The number of hydrogen-bond donors (Lipinski definition) is 2. The summed E-state index contributed by atoms with van der Waals surface area (Å²) in [6.07, 6.45) is -0.592. The Balaban J connectivity index is 2.31. The van der Waals surface area contributed by atoms with Gasteiger partial charge in [-0.25, -0.2) is 0 Å². The van der Waals surface area contributed by atoms with Crippen LogP contribution in [0.2, 0.25) is 0 Å². The Bertz CT molecular complexity index is 442. The minimum atomic E-state index is -0.565. The number of benzene rings is 1. The molecule has 0 aliphatic rings. The average molecular weight is 292 g/mol. The summed E-state index contributed by atoms with van der Waals surface area (Å²) in [5.41, 5.74) is 1.72. The summed E-state index contributed by atoms with van der Waals surface area (Å²) < 4.78 is 10.4. The number of hydrogen-bond acceptors (Lipinski definition) is 5. The molecular weight excluding hydrogens is 268 g/mol. The molecule has 5 nitrogen and oxygen atoms in total. The van der Waals surface area contributed by atoms with Crippen LogP contribution in [0, 0.1) is 11.3 Å². The number of nitrogens with one attached hydrogen (secondary N) is 1. The van der Waals surface area contributed by atoms with Crippen molar-refractivity contribution in [1.82, 2.24) is 5.32 Å². The summed E-state index contributed by atoms with van der Waals surface area (Å²) in [7, 11) is 1.62. The molecule has 3 unspecified atom stereocenters. The summed E-state index contributed by atoms with van der Waals surface area (Å²) in [5, 5.41) is 21.9. The summed E-state index contributed by atoms with van der Waals surface area (Å²) >= 11 is 0. The topological polar surface area (TPSA) is 74.5 Å². The molecule has 0 saturated carbocycles. The number of aliphatic hydroxyl groups excluding tert-OH is 1. The van der Waals surface area contributed by atoms with Gasteiger partial charge in [-0.15, -0.1) is 0 Å². The van der Waals surface area contributed by atoms with Crippen LogP contribution in [-0.2, 0) is 9.47 Å². The number of methoxy groups -OCH3 is 1. The van der Waals surface area contributed by atoms with Crippen molar-refractivity contribution < 1.29 is 14.6 Å². The van der Waals surface area contributed by atoms with Crippen LogP contribution in [0.4, 0.5) is 0 Å². The lowest BCUT2D eigenvalue weighted by Crippen LogP contribution is -2.33. The average Bonchev–Trinajstić information content (AvgIpc) is 2.51. The maximum absolute atomic E-state index is 9.87. The standard InChI is InChI=1S/C16H24N2O3/c1-12(10-20-3)21-11-16(19)9-18-13(2)15-6-4-14(8-17)5-7-15/h4-7,12-13,16,18-19H,9-11H2,1-3H3. The molecule has 21 heavy (non-hydrogen) atoms. The molecule has 0 radical (unpaired) electrons. The quantitative estimate of drug-likeness (QED) is 0.723. The first-order valence-electron chi connectivity index (χ1n) is 7.08. The zero-order valence-electron chi connectivity index (χ0n) is 12.9. The highest BCUT2D eigenvalue weighted by atomic mass is 16.5. The van der Waals surface area contributed by atoms with E-state index in [1.807, 2.05) is 26.0 Å². The maximum Gasteiger partial charge on any atom is 0.0991 e. The van der Waals surface area contributed by atoms with Crippen LogP contribution in [0.1, 0.15) is 31.0 Å². The molecule has 0 amide bonds. The van der Waals surface area contributed by atoms with Crippen LogP contribution in [0.3, 0.4) is 0 Å². The number of aliphatic hydroxyl groups is 1. The molecule has 0 aliphatic carbocycles. The predicted molar refractivity (Wildman–Crippen MR) is 80.9 cm³/mol. The lowest BCUT2D eigenvalue weighted by Gasteiger charge is -2.19. The number of ether oxygens (including phenoxy) is 2. The molecule has 0 saturated heterocycles. The molecule has 1 rings (SSSR count). The van der Waals surface area contributed by atoms with E-state index in [1.54, 1.807) is 19.2 Å². The van der Waals surface area contributed by atoms with Gasteiger partial charge in [-0.2, -0.15) is 5.26 Å². The van der Waals surface area contributed by atoms with Crippen LogP contribution in [-0.4, -0.2) is 44.2 Å². The van der Waals surface area contributed by atoms with Crippen molar-refractivity contribution >= 4 is 0 Å². The molecule has 0 aliphatic heterocycles. The Morgan fingerprint density at radius 1 is 1.24 bits per heavy atom. The molecule has 0 fully saturated rings. The number of nitriles is 1. The fraction of sp³-hybridized carbons (Fsp3) is 0.562. The SMILES string of the molecule is COCC(C)OCC(O)CNC(C)c1ccc(C#N)cc1. The summed E-state index contributed by atoms with van der Waals surface area (Å²) in [6.45, 7) is 5.16. The van der Waals surface area contributed by atoms with Crippen molar-refractivity contribution in [3.8, 4) is 6.07 Å². The molecule has 116 valence electrons. The molecule has 1 aromatic rings. The lowest BCUT2D eigenvalue weighted by atomic mass is 10.1. The first kappa shape index (κ1) is 17.6. The van der Waals surface area contributed by atoms with E-state index in [2.05, 4.69) is 11.4 Å². The molecule has 5 heteroatoms. The fourth-order valence-electron chi connectivity index (χ4n) is 1.89. The summed E-state index contributed by atoms with van der Waals surface area (Å²) in [6, 6.07) is 9.61. The van der Waals surface area contributed by atoms with Crippen LogP contribution < -0.4 is 5.32 Å². The highest BCUT2D eigenvalue weighted by Gasteiger charge is 2.11. The van der Waals surface area contributed by atoms with Gasteiger partial charge in [0.1, 0.15) is 0 Å². The van der Waals surface area contributed by atoms with Crippen molar-refractivity contribution in [2.45, 2.75) is 32.1 Å². The van der Waals surface area contributed by atoms with E-state index in [4.69, 9.17) is 14.7 Å². The molecule has 0 spiro atoms. The Labute approximate surface area is 126 Å². The Morgan fingerprint density at radius 3 is 2.48 bits per heavy atom. The lowest BCUT2D eigenvalue weighted by molar-refractivity contribution is -0.0315. The third-order valence-electron chi connectivity index (χ3n) is 3.17. The van der Waals surface area contributed by atoms with Gasteiger partial charge in [0.05, 0.1) is 37.1 Å². The van der Waals surface area contributed by atoms with Crippen LogP contribution in [0.25, 0.3) is 0 Å². The minimum Gasteiger partial charge on any atom is -0.389 e. The molecule has 0 aromatic heterocycles. The van der Waals surface area contributed by atoms with E-state index in [1.165, 1.54) is 0 Å². The Hall–Kier alpha value is -1.45. The van der Waals surface area contributed by atoms with Gasteiger partial charge in [0, 0.05) is 19.7 Å². The molecule has 3 atom stereocenters. The van der Waals surface area contributed by atoms with Crippen molar-refractivity contribution in [2.75, 3.05) is 26.9 Å². The zero-order chi connectivity index (χ0) is 15.7. The highest BCUT2D eigenvalue weighted by molar-refractivity contribution is 5.32. The molecular formula is C16H24N2O3. The number of nitrogens with zero attached hydrogens (tertiary/aromatic N) is 1. The van der Waals surface area contributed by atoms with E-state index in [0.29, 0.717) is 18.7 Å². The van der Waals surface area contributed by atoms with Crippen LogP contribution in [0.15, 0.2) is 24.3 Å². The van der Waals surface area contributed by atoms with Gasteiger partial charge in [0.25, 0.3) is 0 Å².